The highest BCUT2D eigenvalue weighted by molar-refractivity contribution is 4.87. The molecule has 78 valence electrons. The molecule has 0 amide bonds. The number of rotatable bonds is 3. The largest absolute Gasteiger partial charge is 0.390 e. The van der Waals surface area contributed by atoms with Crippen LogP contribution in [0.5, 0.6) is 0 Å². The summed E-state index contributed by atoms with van der Waals surface area (Å²) < 4.78 is 0. The van der Waals surface area contributed by atoms with Gasteiger partial charge in [0.1, 0.15) is 0 Å². The number of aliphatic hydroxyl groups is 1. The average molecular weight is 185 g/mol. The maximum atomic E-state index is 10.5. The lowest BCUT2D eigenvalue weighted by Gasteiger charge is -2.34. The summed E-state index contributed by atoms with van der Waals surface area (Å²) in [6, 6.07) is 0. The Bertz CT molecular complexity index is 135. The molecule has 0 aromatic rings. The fourth-order valence-corrected chi connectivity index (χ4v) is 2.53. The molecular formula is C11H23NO. The van der Waals surface area contributed by atoms with E-state index in [1.807, 2.05) is 0 Å². The Balaban J connectivity index is 2.58. The van der Waals surface area contributed by atoms with Crippen molar-refractivity contribution in [2.75, 3.05) is 13.1 Å². The molecule has 1 atom stereocenters. The van der Waals surface area contributed by atoms with Crippen LogP contribution in [0.1, 0.15) is 46.0 Å². The Morgan fingerprint density at radius 1 is 1.23 bits per heavy atom. The summed E-state index contributed by atoms with van der Waals surface area (Å²) in [5.74, 6) is 0.493. The molecule has 13 heavy (non-hydrogen) atoms. The zero-order valence-corrected chi connectivity index (χ0v) is 8.97. The van der Waals surface area contributed by atoms with E-state index in [0.717, 1.165) is 45.2 Å². The van der Waals surface area contributed by atoms with Crippen molar-refractivity contribution >= 4 is 0 Å². The van der Waals surface area contributed by atoms with E-state index in [1.54, 1.807) is 0 Å². The Morgan fingerprint density at radius 3 is 2.54 bits per heavy atom. The lowest BCUT2D eigenvalue weighted by atomic mass is 9.78. The van der Waals surface area contributed by atoms with Gasteiger partial charge in [-0.25, -0.2) is 0 Å². The standard InChI is InChI=1S/C11H23NO/c1-3-10(4-2)11(13)6-5-8-12-9-7-11/h10,12-13H,3-9H2,1-2H3. The first kappa shape index (κ1) is 11.0. The molecule has 2 nitrogen and oxygen atoms in total. The molecule has 0 aromatic heterocycles. The van der Waals surface area contributed by atoms with Crippen LogP contribution in [0.3, 0.4) is 0 Å². The minimum atomic E-state index is -0.382. The fraction of sp³-hybridized carbons (Fsp3) is 1.00. The maximum Gasteiger partial charge on any atom is 0.0688 e. The van der Waals surface area contributed by atoms with E-state index >= 15 is 0 Å². The van der Waals surface area contributed by atoms with E-state index in [4.69, 9.17) is 0 Å². The van der Waals surface area contributed by atoms with E-state index < -0.39 is 0 Å². The summed E-state index contributed by atoms with van der Waals surface area (Å²) in [6.07, 6.45) is 5.23. The van der Waals surface area contributed by atoms with Gasteiger partial charge in [-0.05, 0) is 38.3 Å². The molecule has 1 aliphatic heterocycles. The SMILES string of the molecule is CCC(CC)C1(O)CCCNCC1. The van der Waals surface area contributed by atoms with Crippen LogP contribution < -0.4 is 5.32 Å². The summed E-state index contributed by atoms with van der Waals surface area (Å²) in [6.45, 7) is 6.42. The van der Waals surface area contributed by atoms with Crippen LogP contribution in [0, 0.1) is 5.92 Å². The summed E-state index contributed by atoms with van der Waals surface area (Å²) in [7, 11) is 0. The van der Waals surface area contributed by atoms with Gasteiger partial charge >= 0.3 is 0 Å². The van der Waals surface area contributed by atoms with Crippen molar-refractivity contribution in [3.8, 4) is 0 Å². The van der Waals surface area contributed by atoms with Crippen molar-refractivity contribution < 1.29 is 5.11 Å². The second-order valence-electron chi connectivity index (χ2n) is 4.22. The van der Waals surface area contributed by atoms with Crippen molar-refractivity contribution in [3.05, 3.63) is 0 Å². The van der Waals surface area contributed by atoms with Gasteiger partial charge in [0.05, 0.1) is 5.60 Å². The highest BCUT2D eigenvalue weighted by Crippen LogP contribution is 2.32. The van der Waals surface area contributed by atoms with E-state index in [2.05, 4.69) is 19.2 Å². The molecule has 1 fully saturated rings. The first-order chi connectivity index (χ1) is 6.23. The lowest BCUT2D eigenvalue weighted by Crippen LogP contribution is -2.38. The zero-order valence-electron chi connectivity index (χ0n) is 8.97. The van der Waals surface area contributed by atoms with E-state index in [1.165, 1.54) is 0 Å². The second kappa shape index (κ2) is 4.97. The highest BCUT2D eigenvalue weighted by atomic mass is 16.3. The van der Waals surface area contributed by atoms with Crippen molar-refractivity contribution in [1.29, 1.82) is 0 Å². The molecule has 0 radical (unpaired) electrons. The third-order valence-corrected chi connectivity index (χ3v) is 3.44. The Hall–Kier alpha value is -0.0800. The van der Waals surface area contributed by atoms with Crippen LogP contribution in [0.15, 0.2) is 0 Å². The van der Waals surface area contributed by atoms with Crippen molar-refractivity contribution in [3.63, 3.8) is 0 Å². The maximum absolute atomic E-state index is 10.5. The highest BCUT2D eigenvalue weighted by Gasteiger charge is 2.34. The molecule has 0 aliphatic carbocycles. The Morgan fingerprint density at radius 2 is 1.92 bits per heavy atom. The summed E-state index contributed by atoms with van der Waals surface area (Å²) in [5, 5.41) is 13.8. The van der Waals surface area contributed by atoms with Crippen LogP contribution >= 0.6 is 0 Å². The first-order valence-corrected chi connectivity index (χ1v) is 5.66. The van der Waals surface area contributed by atoms with Crippen molar-refractivity contribution in [2.45, 2.75) is 51.6 Å². The number of hydrogen-bond acceptors (Lipinski definition) is 2. The molecule has 0 spiro atoms. The zero-order chi connectivity index (χ0) is 9.73. The smallest absolute Gasteiger partial charge is 0.0688 e. The molecule has 1 unspecified atom stereocenters. The summed E-state index contributed by atoms with van der Waals surface area (Å²) in [4.78, 5) is 0. The lowest BCUT2D eigenvalue weighted by molar-refractivity contribution is -0.0323. The van der Waals surface area contributed by atoms with Gasteiger partial charge in [0, 0.05) is 0 Å². The van der Waals surface area contributed by atoms with Gasteiger partial charge in [-0.1, -0.05) is 26.7 Å². The molecule has 0 saturated carbocycles. The van der Waals surface area contributed by atoms with E-state index in [-0.39, 0.29) is 5.60 Å². The molecule has 0 bridgehead atoms. The van der Waals surface area contributed by atoms with E-state index in [9.17, 15) is 5.11 Å². The minimum absolute atomic E-state index is 0.382. The predicted octanol–water partition coefficient (Wildman–Crippen LogP) is 1.93. The monoisotopic (exact) mass is 185 g/mol. The Labute approximate surface area is 81.7 Å². The van der Waals surface area contributed by atoms with Crippen molar-refractivity contribution in [2.24, 2.45) is 5.92 Å². The van der Waals surface area contributed by atoms with Gasteiger partial charge in [-0.15, -0.1) is 0 Å². The number of hydrogen-bond donors (Lipinski definition) is 2. The quantitative estimate of drug-likeness (QED) is 0.704. The topological polar surface area (TPSA) is 32.3 Å². The molecular weight excluding hydrogens is 162 g/mol. The molecule has 1 rings (SSSR count). The third kappa shape index (κ3) is 2.68. The van der Waals surface area contributed by atoms with Gasteiger partial charge in [-0.2, -0.15) is 0 Å². The van der Waals surface area contributed by atoms with Crippen LogP contribution in [0.2, 0.25) is 0 Å². The van der Waals surface area contributed by atoms with Gasteiger partial charge in [0.15, 0.2) is 0 Å². The molecule has 2 N–H and O–H groups in total. The van der Waals surface area contributed by atoms with E-state index in [0.29, 0.717) is 5.92 Å². The second-order valence-corrected chi connectivity index (χ2v) is 4.22. The van der Waals surface area contributed by atoms with Crippen LogP contribution in [0.4, 0.5) is 0 Å². The molecule has 1 heterocycles. The third-order valence-electron chi connectivity index (χ3n) is 3.44. The summed E-state index contributed by atoms with van der Waals surface area (Å²) >= 11 is 0. The van der Waals surface area contributed by atoms with Gasteiger partial charge in [0.2, 0.25) is 0 Å². The number of nitrogens with one attached hydrogen (secondary N) is 1. The van der Waals surface area contributed by atoms with Crippen LogP contribution in [0.25, 0.3) is 0 Å². The van der Waals surface area contributed by atoms with Gasteiger partial charge in [-0.3, -0.25) is 0 Å². The minimum Gasteiger partial charge on any atom is -0.390 e. The van der Waals surface area contributed by atoms with Crippen LogP contribution in [-0.4, -0.2) is 23.8 Å². The van der Waals surface area contributed by atoms with Crippen molar-refractivity contribution in [1.82, 2.24) is 5.32 Å². The predicted molar refractivity (Wildman–Crippen MR) is 55.7 cm³/mol. The first-order valence-electron chi connectivity index (χ1n) is 5.66. The normalized spacial score (nSPS) is 30.5. The average Bonchev–Trinajstić information content (AvgIpc) is 2.33. The van der Waals surface area contributed by atoms with Gasteiger partial charge in [0.25, 0.3) is 0 Å². The van der Waals surface area contributed by atoms with Crippen LogP contribution in [-0.2, 0) is 0 Å². The fourth-order valence-electron chi connectivity index (χ4n) is 2.53. The molecule has 0 aromatic carbocycles. The van der Waals surface area contributed by atoms with Gasteiger partial charge < -0.3 is 10.4 Å². The molecule has 2 heteroatoms. The molecule has 1 aliphatic rings. The summed E-state index contributed by atoms with van der Waals surface area (Å²) in [5.41, 5.74) is -0.382. The molecule has 1 saturated heterocycles. The Kier molecular flexibility index (Phi) is 4.20.